The van der Waals surface area contributed by atoms with Gasteiger partial charge in [0.1, 0.15) is 12.4 Å². The van der Waals surface area contributed by atoms with Crippen LogP contribution in [0.2, 0.25) is 18.1 Å². The van der Waals surface area contributed by atoms with Gasteiger partial charge >= 0.3 is 0 Å². The van der Waals surface area contributed by atoms with Gasteiger partial charge in [0.2, 0.25) is 0 Å². The maximum absolute atomic E-state index is 6.79. The Morgan fingerprint density at radius 3 is 2.48 bits per heavy atom. The molecule has 0 saturated carbocycles. The van der Waals surface area contributed by atoms with Crippen molar-refractivity contribution in [3.8, 4) is 5.75 Å². The van der Waals surface area contributed by atoms with Crippen LogP contribution in [-0.2, 0) is 4.43 Å². The number of hydrogen-bond donors (Lipinski definition) is 0. The lowest BCUT2D eigenvalue weighted by atomic mass is 9.98. The van der Waals surface area contributed by atoms with E-state index in [2.05, 4.69) is 45.1 Å². The molecule has 0 aliphatic heterocycles. The first-order valence-corrected chi connectivity index (χ1v) is 12.4. The van der Waals surface area contributed by atoms with Gasteiger partial charge in [0.25, 0.3) is 0 Å². The molecule has 2 nitrogen and oxygen atoms in total. The highest BCUT2D eigenvalue weighted by molar-refractivity contribution is 6.73. The molecule has 0 fully saturated rings. The standard InChI is InChI=1S/C22H34O2Si/c1-4-25(5-2,6-3)24-22-18-12-7-9-14-20(22)15-13-19-23-21-16-10-8-11-17-21/h8,10-13,15-18,20,22H,4-7,9,14,19H2,1-3H3/b15-13+. The monoisotopic (exact) mass is 358 g/mol. The van der Waals surface area contributed by atoms with E-state index in [4.69, 9.17) is 9.16 Å². The van der Waals surface area contributed by atoms with Crippen molar-refractivity contribution in [1.29, 1.82) is 0 Å². The Labute approximate surface area is 155 Å². The lowest BCUT2D eigenvalue weighted by molar-refractivity contribution is 0.183. The molecule has 1 aliphatic rings. The van der Waals surface area contributed by atoms with Gasteiger partial charge in [-0.05, 0) is 49.5 Å². The third-order valence-electron chi connectivity index (χ3n) is 5.45. The third kappa shape index (κ3) is 6.16. The second kappa shape index (κ2) is 10.6. The van der Waals surface area contributed by atoms with E-state index in [0.717, 1.165) is 5.75 Å². The van der Waals surface area contributed by atoms with Crippen LogP contribution < -0.4 is 4.74 Å². The van der Waals surface area contributed by atoms with E-state index in [1.54, 1.807) is 0 Å². The molecule has 0 spiro atoms. The van der Waals surface area contributed by atoms with E-state index >= 15 is 0 Å². The van der Waals surface area contributed by atoms with E-state index in [-0.39, 0.29) is 6.10 Å². The summed E-state index contributed by atoms with van der Waals surface area (Å²) >= 11 is 0. The van der Waals surface area contributed by atoms with Crippen LogP contribution in [0.3, 0.4) is 0 Å². The number of para-hydroxylation sites is 1. The summed E-state index contributed by atoms with van der Waals surface area (Å²) in [6, 6.07) is 13.6. The van der Waals surface area contributed by atoms with Crippen LogP contribution in [0.4, 0.5) is 0 Å². The highest BCUT2D eigenvalue weighted by Crippen LogP contribution is 2.30. The molecule has 0 heterocycles. The largest absolute Gasteiger partial charge is 0.490 e. The van der Waals surface area contributed by atoms with Crippen LogP contribution in [0.1, 0.15) is 40.0 Å². The highest BCUT2D eigenvalue weighted by Gasteiger charge is 2.33. The molecule has 0 amide bonds. The summed E-state index contributed by atoms with van der Waals surface area (Å²) in [6.07, 6.45) is 13.0. The van der Waals surface area contributed by atoms with Gasteiger partial charge in [-0.25, -0.2) is 0 Å². The Bertz CT molecular complexity index is 526. The Balaban J connectivity index is 1.97. The van der Waals surface area contributed by atoms with Crippen molar-refractivity contribution in [1.82, 2.24) is 0 Å². The Hall–Kier alpha value is -1.32. The molecule has 1 aromatic rings. The van der Waals surface area contributed by atoms with E-state index in [9.17, 15) is 0 Å². The SMILES string of the molecule is CC[Si](CC)(CC)OC1C=CCCCC1/C=C/COc1ccccc1. The molecule has 0 aromatic heterocycles. The number of hydrogen-bond acceptors (Lipinski definition) is 2. The summed E-state index contributed by atoms with van der Waals surface area (Å²) in [6.45, 7) is 7.53. The van der Waals surface area contributed by atoms with E-state index in [0.29, 0.717) is 12.5 Å². The molecule has 0 N–H and O–H groups in total. The summed E-state index contributed by atoms with van der Waals surface area (Å²) in [5.74, 6) is 1.39. The topological polar surface area (TPSA) is 18.5 Å². The molecule has 1 aromatic carbocycles. The van der Waals surface area contributed by atoms with Crippen LogP contribution in [0, 0.1) is 5.92 Å². The van der Waals surface area contributed by atoms with Crippen LogP contribution in [-0.4, -0.2) is 21.0 Å². The second-order valence-corrected chi connectivity index (χ2v) is 11.6. The summed E-state index contributed by atoms with van der Waals surface area (Å²) in [5.41, 5.74) is 0. The van der Waals surface area contributed by atoms with Gasteiger partial charge in [-0.1, -0.05) is 63.3 Å². The fourth-order valence-corrected chi connectivity index (χ4v) is 6.35. The molecule has 0 radical (unpaired) electrons. The van der Waals surface area contributed by atoms with Gasteiger partial charge in [0, 0.05) is 5.92 Å². The Kier molecular flexibility index (Phi) is 8.49. The number of rotatable bonds is 9. The van der Waals surface area contributed by atoms with Crippen molar-refractivity contribution in [3.05, 3.63) is 54.6 Å². The zero-order chi connectivity index (χ0) is 18.0. The smallest absolute Gasteiger partial charge is 0.192 e. The molecule has 25 heavy (non-hydrogen) atoms. The van der Waals surface area contributed by atoms with Crippen molar-refractivity contribution in [3.63, 3.8) is 0 Å². The summed E-state index contributed by atoms with van der Waals surface area (Å²) in [7, 11) is -1.59. The predicted molar refractivity (Wildman–Crippen MR) is 110 cm³/mol. The fraction of sp³-hybridized carbons (Fsp3) is 0.545. The molecular formula is C22H34O2Si. The predicted octanol–water partition coefficient (Wildman–Crippen LogP) is 6.37. The average Bonchev–Trinajstić information content (AvgIpc) is 2.89. The number of benzene rings is 1. The quantitative estimate of drug-likeness (QED) is 0.377. The van der Waals surface area contributed by atoms with Crippen molar-refractivity contribution in [2.75, 3.05) is 6.61 Å². The van der Waals surface area contributed by atoms with Crippen LogP contribution in [0.25, 0.3) is 0 Å². The molecule has 2 unspecified atom stereocenters. The lowest BCUT2D eigenvalue weighted by Crippen LogP contribution is -2.41. The molecule has 0 bridgehead atoms. The molecular weight excluding hydrogens is 324 g/mol. The minimum atomic E-state index is -1.59. The van der Waals surface area contributed by atoms with E-state index in [1.807, 2.05) is 30.3 Å². The average molecular weight is 359 g/mol. The van der Waals surface area contributed by atoms with Crippen LogP contribution >= 0.6 is 0 Å². The lowest BCUT2D eigenvalue weighted by Gasteiger charge is -2.34. The Morgan fingerprint density at radius 2 is 1.80 bits per heavy atom. The van der Waals surface area contributed by atoms with Crippen molar-refractivity contribution < 1.29 is 9.16 Å². The Morgan fingerprint density at radius 1 is 1.08 bits per heavy atom. The maximum Gasteiger partial charge on any atom is 0.192 e. The van der Waals surface area contributed by atoms with Gasteiger partial charge in [0.05, 0.1) is 6.10 Å². The van der Waals surface area contributed by atoms with Gasteiger partial charge in [-0.3, -0.25) is 0 Å². The second-order valence-electron chi connectivity index (χ2n) is 6.90. The van der Waals surface area contributed by atoms with E-state index in [1.165, 1.54) is 37.4 Å². The third-order valence-corrected chi connectivity index (χ3v) is 10.1. The van der Waals surface area contributed by atoms with Crippen molar-refractivity contribution in [2.45, 2.75) is 64.3 Å². The molecule has 0 saturated heterocycles. The summed E-state index contributed by atoms with van der Waals surface area (Å²) < 4.78 is 12.6. The maximum atomic E-state index is 6.79. The summed E-state index contributed by atoms with van der Waals surface area (Å²) in [4.78, 5) is 0. The minimum absolute atomic E-state index is 0.238. The zero-order valence-electron chi connectivity index (χ0n) is 16.1. The van der Waals surface area contributed by atoms with E-state index < -0.39 is 8.32 Å². The normalized spacial score (nSPS) is 21.4. The molecule has 3 heteroatoms. The first-order chi connectivity index (χ1) is 12.2. The van der Waals surface area contributed by atoms with Gasteiger partial charge in [-0.2, -0.15) is 0 Å². The van der Waals surface area contributed by atoms with Gasteiger partial charge in [0.15, 0.2) is 8.32 Å². The highest BCUT2D eigenvalue weighted by atomic mass is 28.4. The molecule has 2 atom stereocenters. The van der Waals surface area contributed by atoms with Crippen LogP contribution in [0.15, 0.2) is 54.6 Å². The van der Waals surface area contributed by atoms with Crippen molar-refractivity contribution >= 4 is 8.32 Å². The van der Waals surface area contributed by atoms with Gasteiger partial charge < -0.3 is 9.16 Å². The summed E-state index contributed by atoms with van der Waals surface area (Å²) in [5, 5.41) is 0. The van der Waals surface area contributed by atoms with Gasteiger partial charge in [-0.15, -0.1) is 0 Å². The molecule has 1 aliphatic carbocycles. The molecule has 138 valence electrons. The minimum Gasteiger partial charge on any atom is -0.490 e. The van der Waals surface area contributed by atoms with Crippen molar-refractivity contribution in [2.24, 2.45) is 5.92 Å². The number of ether oxygens (including phenoxy) is 1. The first kappa shape index (κ1) is 20.0. The zero-order valence-corrected chi connectivity index (χ0v) is 17.1. The first-order valence-electron chi connectivity index (χ1n) is 9.92. The molecule has 2 rings (SSSR count). The number of allylic oxidation sites excluding steroid dienone is 1. The fourth-order valence-electron chi connectivity index (χ4n) is 3.52. The van der Waals surface area contributed by atoms with Crippen LogP contribution in [0.5, 0.6) is 5.75 Å².